The van der Waals surface area contributed by atoms with Crippen LogP contribution >= 0.6 is 0 Å². The van der Waals surface area contributed by atoms with E-state index in [0.29, 0.717) is 38.9 Å². The van der Waals surface area contributed by atoms with E-state index in [2.05, 4.69) is 30.7 Å². The smallest absolute Gasteiger partial charge is 0.407 e. The lowest BCUT2D eigenvalue weighted by molar-refractivity contribution is -0.135. The molecule has 0 bridgehead atoms. The first-order chi connectivity index (χ1) is 19.5. The highest BCUT2D eigenvalue weighted by atomic mass is 16.6. The second kappa shape index (κ2) is 13.3. The zero-order valence-corrected chi connectivity index (χ0v) is 24.1. The minimum Gasteiger partial charge on any atom is -0.444 e. The molecule has 13 nitrogen and oxygen atoms in total. The SMILES string of the molecule is CC(C)(C)OC(=O)NC1CCN(C(=O)CCN2CCN(c3ccnc(C(=O)NC4CCC(=O)NC4=O)c3)CC2)CC1. The van der Waals surface area contributed by atoms with E-state index in [9.17, 15) is 24.0 Å². The average Bonchev–Trinajstić information content (AvgIpc) is 2.93. The predicted octanol–water partition coefficient (Wildman–Crippen LogP) is 0.644. The molecule has 0 aromatic carbocycles. The van der Waals surface area contributed by atoms with Crippen LogP contribution in [0.2, 0.25) is 0 Å². The number of piperazine rings is 1. The molecule has 1 atom stereocenters. The highest BCUT2D eigenvalue weighted by molar-refractivity contribution is 6.03. The maximum Gasteiger partial charge on any atom is 0.407 e. The number of pyridine rings is 1. The van der Waals surface area contributed by atoms with Crippen molar-refractivity contribution in [2.45, 2.75) is 70.6 Å². The second-order valence-electron chi connectivity index (χ2n) is 11.8. The summed E-state index contributed by atoms with van der Waals surface area (Å²) in [6.07, 6.45) is 3.48. The molecule has 41 heavy (non-hydrogen) atoms. The Morgan fingerprint density at radius 1 is 1.02 bits per heavy atom. The first kappa shape index (κ1) is 30.2. The summed E-state index contributed by atoms with van der Waals surface area (Å²) in [5, 5.41) is 7.80. The number of nitrogens with one attached hydrogen (secondary N) is 3. The number of hydrogen-bond acceptors (Lipinski definition) is 9. The molecule has 13 heteroatoms. The van der Waals surface area contributed by atoms with E-state index in [4.69, 9.17) is 4.74 Å². The van der Waals surface area contributed by atoms with Gasteiger partial charge in [0.1, 0.15) is 17.3 Å². The maximum atomic E-state index is 12.8. The first-order valence-electron chi connectivity index (χ1n) is 14.3. The molecule has 3 N–H and O–H groups in total. The number of nitrogens with zero attached hydrogens (tertiary/aromatic N) is 4. The number of hydrogen-bond donors (Lipinski definition) is 3. The number of piperidine rings is 2. The van der Waals surface area contributed by atoms with Crippen LogP contribution in [-0.2, 0) is 19.1 Å². The molecule has 0 spiro atoms. The standard InChI is InChI=1S/C28H41N7O6/c1-28(2,3)41-27(40)30-19-7-12-35(13-8-19)24(37)9-11-33-14-16-34(17-15-33)20-6-10-29-22(18-20)26(39)31-21-4-5-23(36)32-25(21)38/h6,10,18-19,21H,4-5,7-9,11-17H2,1-3H3,(H,30,40)(H,31,39)(H,32,36,38). The van der Waals surface area contributed by atoms with Gasteiger partial charge in [0.05, 0.1) is 0 Å². The topological polar surface area (TPSA) is 153 Å². The van der Waals surface area contributed by atoms with E-state index in [1.807, 2.05) is 31.7 Å². The third-order valence-corrected chi connectivity index (χ3v) is 7.47. The van der Waals surface area contributed by atoms with Crippen molar-refractivity contribution in [2.75, 3.05) is 50.7 Å². The number of aromatic nitrogens is 1. The molecule has 224 valence electrons. The fraction of sp³-hybridized carbons (Fsp3) is 0.643. The Kier molecular flexibility index (Phi) is 9.79. The zero-order valence-electron chi connectivity index (χ0n) is 24.1. The lowest BCUT2D eigenvalue weighted by Gasteiger charge is -2.37. The molecule has 4 rings (SSSR count). The Bertz CT molecular complexity index is 1140. The number of carbonyl (C=O) groups is 5. The van der Waals surface area contributed by atoms with Crippen LogP contribution in [0.15, 0.2) is 18.3 Å². The van der Waals surface area contributed by atoms with Gasteiger partial charge in [0.25, 0.3) is 5.91 Å². The summed E-state index contributed by atoms with van der Waals surface area (Å²) in [7, 11) is 0. The molecular weight excluding hydrogens is 530 g/mol. The summed E-state index contributed by atoms with van der Waals surface area (Å²) in [6, 6.07) is 2.82. The van der Waals surface area contributed by atoms with E-state index < -0.39 is 29.6 Å². The monoisotopic (exact) mass is 571 g/mol. The van der Waals surface area contributed by atoms with Gasteiger partial charge in [-0.15, -0.1) is 0 Å². The molecular formula is C28H41N7O6. The summed E-state index contributed by atoms with van der Waals surface area (Å²) in [6.45, 7) is 10.5. The number of amides is 5. The van der Waals surface area contributed by atoms with Crippen molar-refractivity contribution in [1.82, 2.24) is 30.7 Å². The molecule has 1 unspecified atom stereocenters. The largest absolute Gasteiger partial charge is 0.444 e. The van der Waals surface area contributed by atoms with Crippen molar-refractivity contribution >= 4 is 35.4 Å². The number of alkyl carbamates (subject to hydrolysis) is 1. The van der Waals surface area contributed by atoms with Gasteiger partial charge in [0.2, 0.25) is 17.7 Å². The van der Waals surface area contributed by atoms with Crippen LogP contribution in [0.4, 0.5) is 10.5 Å². The number of ether oxygens (including phenoxy) is 1. The van der Waals surface area contributed by atoms with Gasteiger partial charge >= 0.3 is 6.09 Å². The molecule has 1 aromatic rings. The Hall–Kier alpha value is -3.74. The summed E-state index contributed by atoms with van der Waals surface area (Å²) in [5.41, 5.74) is 0.543. The Morgan fingerprint density at radius 3 is 2.39 bits per heavy atom. The molecule has 0 aliphatic carbocycles. The van der Waals surface area contributed by atoms with E-state index in [1.165, 1.54) is 0 Å². The molecule has 3 saturated heterocycles. The van der Waals surface area contributed by atoms with Crippen LogP contribution in [0.1, 0.15) is 63.4 Å². The lowest BCUT2D eigenvalue weighted by Crippen LogP contribution is -2.52. The molecule has 3 fully saturated rings. The normalized spacial score (nSPS) is 20.8. The number of imide groups is 1. The van der Waals surface area contributed by atoms with Gasteiger partial charge in [-0.2, -0.15) is 0 Å². The van der Waals surface area contributed by atoms with Crippen LogP contribution in [0, 0.1) is 0 Å². The van der Waals surface area contributed by atoms with Crippen molar-refractivity contribution < 1.29 is 28.7 Å². The van der Waals surface area contributed by atoms with Crippen LogP contribution in [0.5, 0.6) is 0 Å². The van der Waals surface area contributed by atoms with Crippen molar-refractivity contribution in [1.29, 1.82) is 0 Å². The molecule has 1 aromatic heterocycles. The quantitative estimate of drug-likeness (QED) is 0.400. The van der Waals surface area contributed by atoms with Crippen molar-refractivity contribution in [2.24, 2.45) is 0 Å². The summed E-state index contributed by atoms with van der Waals surface area (Å²) >= 11 is 0. The predicted molar refractivity (Wildman–Crippen MR) is 150 cm³/mol. The number of anilines is 1. The van der Waals surface area contributed by atoms with E-state index in [0.717, 1.165) is 31.9 Å². The molecule has 4 heterocycles. The van der Waals surface area contributed by atoms with Crippen LogP contribution in [-0.4, -0.2) is 108 Å². The Morgan fingerprint density at radius 2 is 1.73 bits per heavy atom. The van der Waals surface area contributed by atoms with Gasteiger partial charge in [0, 0.05) is 76.6 Å². The number of carbonyl (C=O) groups excluding carboxylic acids is 5. The maximum absolute atomic E-state index is 12.8. The highest BCUT2D eigenvalue weighted by Crippen LogP contribution is 2.18. The molecule has 3 aliphatic heterocycles. The molecule has 0 radical (unpaired) electrons. The number of likely N-dealkylation sites (tertiary alicyclic amines) is 1. The molecule has 0 saturated carbocycles. The third kappa shape index (κ3) is 8.87. The fourth-order valence-corrected chi connectivity index (χ4v) is 5.19. The van der Waals surface area contributed by atoms with Crippen LogP contribution < -0.4 is 20.9 Å². The fourth-order valence-electron chi connectivity index (χ4n) is 5.19. The minimum absolute atomic E-state index is 0.0131. The molecule has 5 amide bonds. The lowest BCUT2D eigenvalue weighted by atomic mass is 10.0. The van der Waals surface area contributed by atoms with Gasteiger partial charge in [-0.05, 0) is 52.2 Å². The summed E-state index contributed by atoms with van der Waals surface area (Å²) < 4.78 is 5.32. The number of rotatable bonds is 7. The zero-order chi connectivity index (χ0) is 29.6. The van der Waals surface area contributed by atoms with Crippen molar-refractivity contribution in [3.63, 3.8) is 0 Å². The van der Waals surface area contributed by atoms with Crippen LogP contribution in [0.25, 0.3) is 0 Å². The van der Waals surface area contributed by atoms with Gasteiger partial charge in [-0.3, -0.25) is 34.4 Å². The van der Waals surface area contributed by atoms with Gasteiger partial charge in [0.15, 0.2) is 0 Å². The minimum atomic E-state index is -0.753. The van der Waals surface area contributed by atoms with Gasteiger partial charge in [-0.1, -0.05) is 0 Å². The van der Waals surface area contributed by atoms with E-state index in [1.54, 1.807) is 12.3 Å². The molecule has 3 aliphatic rings. The van der Waals surface area contributed by atoms with E-state index >= 15 is 0 Å². The van der Waals surface area contributed by atoms with E-state index in [-0.39, 0.29) is 36.4 Å². The van der Waals surface area contributed by atoms with Gasteiger partial charge in [-0.25, -0.2) is 4.79 Å². The van der Waals surface area contributed by atoms with Crippen molar-refractivity contribution in [3.8, 4) is 0 Å². The Balaban J connectivity index is 1.16. The average molecular weight is 572 g/mol. The Labute approximate surface area is 240 Å². The van der Waals surface area contributed by atoms with Crippen LogP contribution in [0.3, 0.4) is 0 Å². The second-order valence-corrected chi connectivity index (χ2v) is 11.8. The third-order valence-electron chi connectivity index (χ3n) is 7.47. The summed E-state index contributed by atoms with van der Waals surface area (Å²) in [5.74, 6) is -1.16. The van der Waals surface area contributed by atoms with Crippen molar-refractivity contribution in [3.05, 3.63) is 24.0 Å². The summed E-state index contributed by atoms with van der Waals surface area (Å²) in [4.78, 5) is 71.3. The highest BCUT2D eigenvalue weighted by Gasteiger charge is 2.29. The van der Waals surface area contributed by atoms with Gasteiger partial charge < -0.3 is 25.2 Å². The first-order valence-corrected chi connectivity index (χ1v) is 14.3.